The van der Waals surface area contributed by atoms with Crippen molar-refractivity contribution in [3.8, 4) is 17.2 Å². The molecule has 0 aliphatic carbocycles. The highest BCUT2D eigenvalue weighted by atomic mass is 35.5. The van der Waals surface area contributed by atoms with Gasteiger partial charge in [-0.05, 0) is 55.3 Å². The van der Waals surface area contributed by atoms with E-state index < -0.39 is 12.0 Å². The fourth-order valence-electron chi connectivity index (χ4n) is 3.04. The Balaban J connectivity index is 1.73. The van der Waals surface area contributed by atoms with Crippen LogP contribution >= 0.6 is 11.6 Å². The molecular formula is C23H24ClNO6. The number of hydrogen-bond acceptors (Lipinski definition) is 6. The lowest BCUT2D eigenvalue weighted by Gasteiger charge is -2.19. The zero-order valence-electron chi connectivity index (χ0n) is 17.5. The first kappa shape index (κ1) is 22.5. The molecule has 164 valence electrons. The molecule has 0 bridgehead atoms. The molecule has 0 saturated carbocycles. The monoisotopic (exact) mass is 445 g/mol. The van der Waals surface area contributed by atoms with Gasteiger partial charge in [0.25, 0.3) is 0 Å². The Morgan fingerprint density at radius 2 is 1.94 bits per heavy atom. The number of ether oxygens (including phenoxy) is 4. The van der Waals surface area contributed by atoms with Crippen LogP contribution in [0.4, 0.5) is 0 Å². The van der Waals surface area contributed by atoms with Crippen LogP contribution in [0.2, 0.25) is 5.02 Å². The molecule has 1 amide bonds. The number of amides is 1. The van der Waals surface area contributed by atoms with Gasteiger partial charge in [-0.25, -0.2) is 0 Å². The number of fused-ring (bicyclic) bond motifs is 1. The number of methoxy groups -OCH3 is 1. The minimum Gasteiger partial charge on any atom is -0.497 e. The maximum atomic E-state index is 12.6. The summed E-state index contributed by atoms with van der Waals surface area (Å²) in [5.74, 6) is 0.930. The average Bonchev–Trinajstić information content (AvgIpc) is 3.20. The zero-order valence-corrected chi connectivity index (χ0v) is 18.3. The molecule has 1 atom stereocenters. The first-order valence-electron chi connectivity index (χ1n) is 9.77. The van der Waals surface area contributed by atoms with Crippen LogP contribution in [-0.4, -0.2) is 31.9 Å². The normalized spacial score (nSPS) is 13.3. The van der Waals surface area contributed by atoms with Gasteiger partial charge in [-0.2, -0.15) is 0 Å². The number of hydrogen-bond donors (Lipinski definition) is 1. The Morgan fingerprint density at radius 3 is 2.61 bits per heavy atom. The number of carbonyl (C=O) groups is 2. The fraction of sp³-hybridized carbons (Fsp3) is 0.304. The summed E-state index contributed by atoms with van der Waals surface area (Å²) < 4.78 is 21.0. The summed E-state index contributed by atoms with van der Waals surface area (Å²) in [6.07, 6.45) is 2.74. The molecular weight excluding hydrogens is 422 g/mol. The predicted octanol–water partition coefficient (Wildman–Crippen LogP) is 4.29. The Bertz CT molecular complexity index is 971. The summed E-state index contributed by atoms with van der Waals surface area (Å²) >= 11 is 6.18. The second kappa shape index (κ2) is 10.2. The van der Waals surface area contributed by atoms with Gasteiger partial charge in [-0.1, -0.05) is 23.7 Å². The predicted molar refractivity (Wildman–Crippen MR) is 116 cm³/mol. The second-order valence-corrected chi connectivity index (χ2v) is 7.55. The lowest BCUT2D eigenvalue weighted by molar-refractivity contribution is -0.148. The van der Waals surface area contributed by atoms with E-state index in [0.717, 1.165) is 5.56 Å². The molecule has 0 radical (unpaired) electrons. The molecule has 1 unspecified atom stereocenters. The molecule has 0 saturated heterocycles. The highest BCUT2D eigenvalue weighted by Crippen LogP contribution is 2.40. The van der Waals surface area contributed by atoms with E-state index in [1.165, 1.54) is 6.08 Å². The Kier molecular flexibility index (Phi) is 7.41. The topological polar surface area (TPSA) is 83.1 Å². The van der Waals surface area contributed by atoms with Gasteiger partial charge in [0, 0.05) is 6.08 Å². The van der Waals surface area contributed by atoms with Crippen molar-refractivity contribution in [1.82, 2.24) is 5.32 Å². The Labute approximate surface area is 185 Å². The van der Waals surface area contributed by atoms with Crippen LogP contribution in [0.1, 0.15) is 37.4 Å². The van der Waals surface area contributed by atoms with E-state index in [4.69, 9.17) is 30.5 Å². The van der Waals surface area contributed by atoms with E-state index in [2.05, 4.69) is 5.32 Å². The molecule has 2 aromatic carbocycles. The fourth-order valence-corrected chi connectivity index (χ4v) is 3.32. The average molecular weight is 446 g/mol. The molecule has 0 fully saturated rings. The van der Waals surface area contributed by atoms with E-state index in [-0.39, 0.29) is 25.2 Å². The summed E-state index contributed by atoms with van der Waals surface area (Å²) in [7, 11) is 1.57. The third kappa shape index (κ3) is 6.15. The number of nitrogens with one attached hydrogen (secondary N) is 1. The van der Waals surface area contributed by atoms with Crippen LogP contribution in [0.25, 0.3) is 6.08 Å². The number of carbonyl (C=O) groups excluding carboxylic acids is 2. The molecule has 2 aromatic rings. The summed E-state index contributed by atoms with van der Waals surface area (Å²) in [6.45, 7) is 3.66. The number of esters is 1. The van der Waals surface area contributed by atoms with Crippen LogP contribution in [0.15, 0.2) is 42.5 Å². The molecule has 1 N–H and O–H groups in total. The van der Waals surface area contributed by atoms with E-state index in [1.54, 1.807) is 63.4 Å². The van der Waals surface area contributed by atoms with Gasteiger partial charge in [-0.3, -0.25) is 9.59 Å². The molecule has 8 heteroatoms. The van der Waals surface area contributed by atoms with Crippen molar-refractivity contribution >= 4 is 29.6 Å². The summed E-state index contributed by atoms with van der Waals surface area (Å²) in [4.78, 5) is 24.8. The molecule has 7 nitrogen and oxygen atoms in total. The van der Waals surface area contributed by atoms with E-state index in [1.807, 2.05) is 0 Å². The third-order valence-electron chi connectivity index (χ3n) is 4.45. The maximum absolute atomic E-state index is 12.6. The SMILES string of the molecule is COc1ccc(C(CC(=O)OC(C)C)NC(=O)/C=C/c2cc(Cl)c3c(c2)OCO3)cc1. The van der Waals surface area contributed by atoms with Crippen LogP contribution < -0.4 is 19.5 Å². The number of benzene rings is 2. The zero-order chi connectivity index (χ0) is 22.4. The van der Waals surface area contributed by atoms with Crippen LogP contribution in [0.5, 0.6) is 17.2 Å². The largest absolute Gasteiger partial charge is 0.497 e. The third-order valence-corrected chi connectivity index (χ3v) is 4.73. The number of halogens is 1. The van der Waals surface area contributed by atoms with E-state index in [0.29, 0.717) is 27.8 Å². The lowest BCUT2D eigenvalue weighted by atomic mass is 10.0. The first-order chi connectivity index (χ1) is 14.9. The molecule has 0 spiro atoms. The van der Waals surface area contributed by atoms with Gasteiger partial charge in [0.2, 0.25) is 12.7 Å². The Hall–Kier alpha value is -3.19. The van der Waals surface area contributed by atoms with Gasteiger partial charge in [0.15, 0.2) is 11.5 Å². The minimum absolute atomic E-state index is 0.0000586. The Morgan fingerprint density at radius 1 is 1.19 bits per heavy atom. The van der Waals surface area contributed by atoms with E-state index in [9.17, 15) is 9.59 Å². The van der Waals surface area contributed by atoms with Gasteiger partial charge in [0.1, 0.15) is 5.75 Å². The lowest BCUT2D eigenvalue weighted by Crippen LogP contribution is -2.29. The van der Waals surface area contributed by atoms with Crippen molar-refractivity contribution in [2.75, 3.05) is 13.9 Å². The molecule has 1 aliphatic rings. The van der Waals surface area contributed by atoms with Gasteiger partial charge in [-0.15, -0.1) is 0 Å². The van der Waals surface area contributed by atoms with Crippen molar-refractivity contribution in [1.29, 1.82) is 0 Å². The molecule has 1 aliphatic heterocycles. The smallest absolute Gasteiger partial charge is 0.308 e. The van der Waals surface area contributed by atoms with Crippen molar-refractivity contribution in [3.63, 3.8) is 0 Å². The van der Waals surface area contributed by atoms with Gasteiger partial charge >= 0.3 is 5.97 Å². The highest BCUT2D eigenvalue weighted by molar-refractivity contribution is 6.32. The van der Waals surface area contributed by atoms with Crippen molar-refractivity contribution in [2.24, 2.45) is 0 Å². The maximum Gasteiger partial charge on any atom is 0.308 e. The molecule has 0 aromatic heterocycles. The quantitative estimate of drug-likeness (QED) is 0.482. The summed E-state index contributed by atoms with van der Waals surface area (Å²) in [5, 5.41) is 3.26. The van der Waals surface area contributed by atoms with Gasteiger partial charge < -0.3 is 24.3 Å². The molecule has 31 heavy (non-hydrogen) atoms. The second-order valence-electron chi connectivity index (χ2n) is 7.15. The van der Waals surface area contributed by atoms with E-state index >= 15 is 0 Å². The van der Waals surface area contributed by atoms with Crippen molar-refractivity contribution < 1.29 is 28.5 Å². The minimum atomic E-state index is -0.561. The van der Waals surface area contributed by atoms with Crippen LogP contribution in [0.3, 0.4) is 0 Å². The molecule has 1 heterocycles. The van der Waals surface area contributed by atoms with Crippen LogP contribution in [-0.2, 0) is 14.3 Å². The molecule has 3 rings (SSSR count). The summed E-state index contributed by atoms with van der Waals surface area (Å²) in [5.41, 5.74) is 1.44. The van der Waals surface area contributed by atoms with Crippen molar-refractivity contribution in [3.05, 3.63) is 58.6 Å². The first-order valence-corrected chi connectivity index (χ1v) is 10.1. The highest BCUT2D eigenvalue weighted by Gasteiger charge is 2.20. The van der Waals surface area contributed by atoms with Crippen LogP contribution in [0, 0.1) is 0 Å². The number of rotatable bonds is 8. The van der Waals surface area contributed by atoms with Gasteiger partial charge in [0.05, 0.1) is 30.7 Å². The van der Waals surface area contributed by atoms with Crippen molar-refractivity contribution in [2.45, 2.75) is 32.4 Å². The standard InChI is InChI=1S/C23H24ClNO6/c1-14(2)31-22(27)12-19(16-5-7-17(28-3)8-6-16)25-21(26)9-4-15-10-18(24)23-20(11-15)29-13-30-23/h4-11,14,19H,12-13H2,1-3H3,(H,25,26)/b9-4+. The summed E-state index contributed by atoms with van der Waals surface area (Å²) in [6, 6.07) is 9.99.